The van der Waals surface area contributed by atoms with Crippen LogP contribution in [0.5, 0.6) is 5.75 Å². The van der Waals surface area contributed by atoms with E-state index in [-0.39, 0.29) is 23.3 Å². The summed E-state index contributed by atoms with van der Waals surface area (Å²) in [7, 11) is 1.59. The number of benzene rings is 2. The summed E-state index contributed by atoms with van der Waals surface area (Å²) in [5.74, 6) is 1.28. The molecular formula is C23H21N3O4S. The Balaban J connectivity index is 1.64. The van der Waals surface area contributed by atoms with Crippen molar-refractivity contribution in [3.8, 4) is 11.4 Å². The minimum absolute atomic E-state index is 0.103. The first-order valence-electron chi connectivity index (χ1n) is 9.68. The molecular weight excluding hydrogens is 414 g/mol. The molecule has 4 aromatic rings. The van der Waals surface area contributed by atoms with Gasteiger partial charge in [-0.1, -0.05) is 23.9 Å². The van der Waals surface area contributed by atoms with Crippen molar-refractivity contribution in [2.45, 2.75) is 18.1 Å². The molecule has 2 heterocycles. The molecule has 0 aliphatic carbocycles. The first-order chi connectivity index (χ1) is 15.1. The third kappa shape index (κ3) is 4.49. The summed E-state index contributed by atoms with van der Waals surface area (Å²) in [4.78, 5) is 30.4. The van der Waals surface area contributed by atoms with Gasteiger partial charge in [0, 0.05) is 0 Å². The molecule has 8 heteroatoms. The average Bonchev–Trinajstić information content (AvgIpc) is 3.33. The van der Waals surface area contributed by atoms with Crippen LogP contribution in [-0.4, -0.2) is 28.3 Å². The quantitative estimate of drug-likeness (QED) is 0.349. The Kier molecular flexibility index (Phi) is 6.08. The van der Waals surface area contributed by atoms with E-state index in [1.807, 2.05) is 19.1 Å². The van der Waals surface area contributed by atoms with Gasteiger partial charge in [-0.15, -0.1) is 0 Å². The lowest BCUT2D eigenvalue weighted by atomic mass is 10.2. The van der Waals surface area contributed by atoms with Gasteiger partial charge in [0.15, 0.2) is 5.16 Å². The van der Waals surface area contributed by atoms with Gasteiger partial charge in [0.1, 0.15) is 11.5 Å². The molecule has 0 aliphatic heterocycles. The first-order valence-corrected chi connectivity index (χ1v) is 10.7. The van der Waals surface area contributed by atoms with Gasteiger partial charge in [-0.3, -0.25) is 14.2 Å². The highest BCUT2D eigenvalue weighted by Gasteiger charge is 2.16. The van der Waals surface area contributed by atoms with E-state index in [2.05, 4.69) is 10.3 Å². The van der Waals surface area contributed by atoms with E-state index in [4.69, 9.17) is 9.15 Å². The van der Waals surface area contributed by atoms with Crippen molar-refractivity contribution in [3.63, 3.8) is 0 Å². The smallest absolute Gasteiger partial charge is 0.266 e. The molecule has 2 aromatic heterocycles. The Hall–Kier alpha value is -3.52. The standard InChI is InChI=1S/C23H21N3O4S/c1-15(20-8-5-13-30-20)24-21(27)14-31-23-25-19-7-4-3-6-18(19)22(28)26(23)16-9-11-17(29-2)12-10-16/h3-13,15H,14H2,1-2H3,(H,24,27)/t15-/m0/s1. The third-order valence-corrected chi connectivity index (χ3v) is 5.69. The Bertz CT molecular complexity index is 1250. The number of aromatic nitrogens is 2. The number of para-hydroxylation sites is 1. The number of thioether (sulfide) groups is 1. The Morgan fingerprint density at radius 2 is 1.94 bits per heavy atom. The summed E-state index contributed by atoms with van der Waals surface area (Å²) in [6.07, 6.45) is 1.57. The van der Waals surface area contributed by atoms with Crippen molar-refractivity contribution >= 4 is 28.6 Å². The predicted octanol–water partition coefficient (Wildman–Crippen LogP) is 3.96. The van der Waals surface area contributed by atoms with Crippen LogP contribution in [0.15, 0.2) is 81.3 Å². The Morgan fingerprint density at radius 3 is 2.65 bits per heavy atom. The van der Waals surface area contributed by atoms with Crippen molar-refractivity contribution in [2.24, 2.45) is 0 Å². The van der Waals surface area contributed by atoms with Crippen LogP contribution in [0.3, 0.4) is 0 Å². The molecule has 7 nitrogen and oxygen atoms in total. The van der Waals surface area contributed by atoms with Gasteiger partial charge in [-0.25, -0.2) is 4.98 Å². The number of ether oxygens (including phenoxy) is 1. The fraction of sp³-hybridized carbons (Fsp3) is 0.174. The van der Waals surface area contributed by atoms with Crippen molar-refractivity contribution in [3.05, 3.63) is 83.0 Å². The SMILES string of the molecule is COc1ccc(-n2c(SCC(=O)N[C@@H](C)c3ccco3)nc3ccccc3c2=O)cc1. The molecule has 0 saturated heterocycles. The van der Waals surface area contributed by atoms with Crippen molar-refractivity contribution in [2.75, 3.05) is 12.9 Å². The van der Waals surface area contributed by atoms with Crippen LogP contribution in [0.1, 0.15) is 18.7 Å². The van der Waals surface area contributed by atoms with Gasteiger partial charge < -0.3 is 14.5 Å². The van der Waals surface area contributed by atoms with Crippen LogP contribution in [0.4, 0.5) is 0 Å². The largest absolute Gasteiger partial charge is 0.497 e. The molecule has 4 rings (SSSR count). The maximum atomic E-state index is 13.2. The van der Waals surface area contributed by atoms with E-state index in [1.165, 1.54) is 16.3 Å². The molecule has 0 radical (unpaired) electrons. The molecule has 0 fully saturated rings. The number of nitrogens with zero attached hydrogens (tertiary/aromatic N) is 2. The summed E-state index contributed by atoms with van der Waals surface area (Å²) >= 11 is 1.21. The number of nitrogens with one attached hydrogen (secondary N) is 1. The fourth-order valence-electron chi connectivity index (χ4n) is 3.19. The molecule has 0 saturated carbocycles. The fourth-order valence-corrected chi connectivity index (χ4v) is 4.01. The predicted molar refractivity (Wildman–Crippen MR) is 120 cm³/mol. The highest BCUT2D eigenvalue weighted by Crippen LogP contribution is 2.23. The summed E-state index contributed by atoms with van der Waals surface area (Å²) in [5, 5.41) is 3.85. The van der Waals surface area contributed by atoms with Gasteiger partial charge in [0.05, 0.1) is 41.8 Å². The summed E-state index contributed by atoms with van der Waals surface area (Å²) in [6.45, 7) is 1.85. The van der Waals surface area contributed by atoms with Crippen LogP contribution in [-0.2, 0) is 4.79 Å². The summed E-state index contributed by atoms with van der Waals surface area (Å²) < 4.78 is 12.1. The van der Waals surface area contributed by atoms with Crippen LogP contribution in [0.2, 0.25) is 0 Å². The van der Waals surface area contributed by atoms with Crippen molar-refractivity contribution in [1.82, 2.24) is 14.9 Å². The molecule has 1 N–H and O–H groups in total. The van der Waals surface area contributed by atoms with E-state index < -0.39 is 0 Å². The van der Waals surface area contributed by atoms with Crippen LogP contribution in [0.25, 0.3) is 16.6 Å². The van der Waals surface area contributed by atoms with E-state index in [9.17, 15) is 9.59 Å². The molecule has 0 aliphatic rings. The molecule has 31 heavy (non-hydrogen) atoms. The van der Waals surface area contributed by atoms with Crippen molar-refractivity contribution in [1.29, 1.82) is 0 Å². The van der Waals surface area contributed by atoms with Crippen LogP contribution < -0.4 is 15.6 Å². The van der Waals surface area contributed by atoms with E-state index in [0.29, 0.717) is 33.3 Å². The molecule has 1 atom stereocenters. The van der Waals surface area contributed by atoms with Crippen molar-refractivity contribution < 1.29 is 13.9 Å². The van der Waals surface area contributed by atoms with Gasteiger partial charge in [-0.05, 0) is 55.5 Å². The lowest BCUT2D eigenvalue weighted by Gasteiger charge is -2.14. The number of hydrogen-bond donors (Lipinski definition) is 1. The average molecular weight is 436 g/mol. The van der Waals surface area contributed by atoms with Gasteiger partial charge >= 0.3 is 0 Å². The summed E-state index contributed by atoms with van der Waals surface area (Å²) in [6, 6.07) is 17.7. The number of methoxy groups -OCH3 is 1. The second kappa shape index (κ2) is 9.09. The monoisotopic (exact) mass is 435 g/mol. The normalized spacial score (nSPS) is 11.9. The van der Waals surface area contributed by atoms with Gasteiger partial charge in [0.2, 0.25) is 5.91 Å². The molecule has 2 aromatic carbocycles. The highest BCUT2D eigenvalue weighted by molar-refractivity contribution is 7.99. The third-order valence-electron chi connectivity index (χ3n) is 4.76. The maximum Gasteiger partial charge on any atom is 0.266 e. The minimum Gasteiger partial charge on any atom is -0.497 e. The number of fused-ring (bicyclic) bond motifs is 1. The van der Waals surface area contributed by atoms with Gasteiger partial charge in [-0.2, -0.15) is 0 Å². The zero-order valence-corrected chi connectivity index (χ0v) is 17.9. The van der Waals surface area contributed by atoms with Crippen LogP contribution >= 0.6 is 11.8 Å². The lowest BCUT2D eigenvalue weighted by molar-refractivity contribution is -0.119. The first kappa shape index (κ1) is 20.7. The Labute approximate surface area is 183 Å². The lowest BCUT2D eigenvalue weighted by Crippen LogP contribution is -2.28. The number of carbonyl (C=O) groups is 1. The molecule has 1 amide bonds. The molecule has 158 valence electrons. The van der Waals surface area contributed by atoms with E-state index in [0.717, 1.165) is 0 Å². The number of amides is 1. The Morgan fingerprint density at radius 1 is 1.16 bits per heavy atom. The summed E-state index contributed by atoms with van der Waals surface area (Å²) in [5.41, 5.74) is 1.04. The number of furan rings is 1. The second-order valence-electron chi connectivity index (χ2n) is 6.84. The van der Waals surface area contributed by atoms with E-state index in [1.54, 1.807) is 61.9 Å². The topological polar surface area (TPSA) is 86.4 Å². The zero-order chi connectivity index (χ0) is 21.8. The molecule has 0 unspecified atom stereocenters. The second-order valence-corrected chi connectivity index (χ2v) is 7.79. The number of hydrogen-bond acceptors (Lipinski definition) is 6. The molecule has 0 bridgehead atoms. The zero-order valence-electron chi connectivity index (χ0n) is 17.1. The minimum atomic E-state index is -0.253. The highest BCUT2D eigenvalue weighted by atomic mass is 32.2. The van der Waals surface area contributed by atoms with E-state index >= 15 is 0 Å². The van der Waals surface area contributed by atoms with Crippen LogP contribution in [0, 0.1) is 0 Å². The molecule has 0 spiro atoms. The van der Waals surface area contributed by atoms with Gasteiger partial charge in [0.25, 0.3) is 5.56 Å². The number of carbonyl (C=O) groups excluding carboxylic acids is 1. The number of rotatable bonds is 7. The maximum absolute atomic E-state index is 13.2.